The SMILES string of the molecule is Cc1ccc(Br)c(NS(=O)(=O)c2cccc(C(=O)N3CC(C(N)=O)CCC3C)c2)c1. The quantitative estimate of drug-likeness (QED) is 0.665. The van der Waals surface area contributed by atoms with Crippen LogP contribution in [-0.4, -0.2) is 37.7 Å². The number of anilines is 1. The van der Waals surface area contributed by atoms with E-state index in [1.165, 1.54) is 18.2 Å². The van der Waals surface area contributed by atoms with E-state index in [2.05, 4.69) is 20.7 Å². The molecule has 0 aliphatic carbocycles. The van der Waals surface area contributed by atoms with Crippen molar-refractivity contribution in [2.45, 2.75) is 37.6 Å². The van der Waals surface area contributed by atoms with Gasteiger partial charge in [0.2, 0.25) is 5.91 Å². The third-order valence-electron chi connectivity index (χ3n) is 5.30. The van der Waals surface area contributed by atoms with E-state index in [9.17, 15) is 18.0 Å². The summed E-state index contributed by atoms with van der Waals surface area (Å²) in [5, 5.41) is 0. The molecule has 1 saturated heterocycles. The monoisotopic (exact) mass is 493 g/mol. The molecule has 1 heterocycles. The lowest BCUT2D eigenvalue weighted by atomic mass is 9.92. The maximum Gasteiger partial charge on any atom is 0.261 e. The van der Waals surface area contributed by atoms with Crippen molar-refractivity contribution >= 4 is 43.5 Å². The van der Waals surface area contributed by atoms with Crippen LogP contribution in [0.3, 0.4) is 0 Å². The zero-order valence-corrected chi connectivity index (χ0v) is 19.2. The van der Waals surface area contributed by atoms with E-state index in [1.807, 2.05) is 19.9 Å². The molecule has 1 aliphatic rings. The van der Waals surface area contributed by atoms with Crippen molar-refractivity contribution in [3.8, 4) is 0 Å². The number of carbonyl (C=O) groups is 2. The van der Waals surface area contributed by atoms with Gasteiger partial charge in [0.15, 0.2) is 0 Å². The first kappa shape index (κ1) is 22.3. The standard InChI is InChI=1S/C21H24BrN3O4S/c1-13-6-9-18(22)19(10-13)24-30(28,29)17-5-3-4-15(11-17)21(27)25-12-16(20(23)26)8-7-14(25)2/h3-6,9-11,14,16,24H,7-8,12H2,1-2H3,(H2,23,26). The maximum atomic E-state index is 13.1. The van der Waals surface area contributed by atoms with Crippen LogP contribution in [0.25, 0.3) is 0 Å². The van der Waals surface area contributed by atoms with Crippen LogP contribution in [-0.2, 0) is 14.8 Å². The molecule has 0 radical (unpaired) electrons. The highest BCUT2D eigenvalue weighted by Gasteiger charge is 2.32. The Morgan fingerprint density at radius 1 is 1.17 bits per heavy atom. The van der Waals surface area contributed by atoms with Crippen molar-refractivity contribution < 1.29 is 18.0 Å². The zero-order chi connectivity index (χ0) is 22.1. The van der Waals surface area contributed by atoms with Crippen molar-refractivity contribution in [1.82, 2.24) is 4.90 Å². The van der Waals surface area contributed by atoms with Gasteiger partial charge in [-0.25, -0.2) is 8.42 Å². The lowest BCUT2D eigenvalue weighted by Gasteiger charge is -2.37. The van der Waals surface area contributed by atoms with E-state index >= 15 is 0 Å². The van der Waals surface area contributed by atoms with E-state index in [0.717, 1.165) is 5.56 Å². The van der Waals surface area contributed by atoms with Crippen LogP contribution in [0.5, 0.6) is 0 Å². The Labute approximate surface area is 184 Å². The van der Waals surface area contributed by atoms with Gasteiger partial charge in [0.05, 0.1) is 16.5 Å². The van der Waals surface area contributed by atoms with Gasteiger partial charge in [-0.2, -0.15) is 0 Å². The number of nitrogens with zero attached hydrogens (tertiary/aromatic N) is 1. The minimum absolute atomic E-state index is 0.0159. The van der Waals surface area contributed by atoms with Crippen molar-refractivity contribution in [2.75, 3.05) is 11.3 Å². The van der Waals surface area contributed by atoms with E-state index in [0.29, 0.717) is 23.0 Å². The molecule has 0 saturated carbocycles. The molecule has 0 aromatic heterocycles. The number of benzene rings is 2. The Bertz CT molecular complexity index is 1090. The lowest BCUT2D eigenvalue weighted by molar-refractivity contribution is -0.123. The lowest BCUT2D eigenvalue weighted by Crippen LogP contribution is -2.48. The van der Waals surface area contributed by atoms with Gasteiger partial charge < -0.3 is 10.6 Å². The number of hydrogen-bond donors (Lipinski definition) is 2. The van der Waals surface area contributed by atoms with E-state index in [-0.39, 0.29) is 29.0 Å². The van der Waals surface area contributed by atoms with Gasteiger partial charge in [-0.1, -0.05) is 12.1 Å². The number of piperidine rings is 1. The second-order valence-corrected chi connectivity index (χ2v) is 10.1. The number of primary amides is 1. The summed E-state index contributed by atoms with van der Waals surface area (Å²) < 4.78 is 29.0. The van der Waals surface area contributed by atoms with Crippen LogP contribution in [0, 0.1) is 12.8 Å². The summed E-state index contributed by atoms with van der Waals surface area (Å²) in [5.74, 6) is -1.14. The average Bonchev–Trinajstić information content (AvgIpc) is 2.70. The minimum Gasteiger partial charge on any atom is -0.369 e. The van der Waals surface area contributed by atoms with Gasteiger partial charge in [-0.15, -0.1) is 0 Å². The molecule has 0 bridgehead atoms. The Kier molecular flexibility index (Phi) is 6.52. The number of rotatable bonds is 5. The molecule has 30 heavy (non-hydrogen) atoms. The molecule has 2 aromatic rings. The average molecular weight is 494 g/mol. The Hall–Kier alpha value is -2.39. The number of halogens is 1. The van der Waals surface area contributed by atoms with Crippen LogP contribution in [0.1, 0.15) is 35.7 Å². The third kappa shape index (κ3) is 4.84. The van der Waals surface area contributed by atoms with Gasteiger partial charge in [0.25, 0.3) is 15.9 Å². The first-order chi connectivity index (χ1) is 14.1. The number of nitrogens with two attached hydrogens (primary N) is 1. The largest absolute Gasteiger partial charge is 0.369 e. The van der Waals surface area contributed by atoms with Crippen LogP contribution in [0.2, 0.25) is 0 Å². The number of amides is 2. The topological polar surface area (TPSA) is 110 Å². The van der Waals surface area contributed by atoms with Gasteiger partial charge in [0.1, 0.15) is 0 Å². The molecule has 3 rings (SSSR count). The summed E-state index contributed by atoms with van der Waals surface area (Å²) in [5.41, 5.74) is 6.99. The van der Waals surface area contributed by atoms with Gasteiger partial charge in [-0.3, -0.25) is 14.3 Å². The second-order valence-electron chi connectivity index (χ2n) is 7.60. The highest BCUT2D eigenvalue weighted by Crippen LogP contribution is 2.27. The zero-order valence-electron chi connectivity index (χ0n) is 16.8. The molecule has 9 heteroatoms. The van der Waals surface area contributed by atoms with Crippen molar-refractivity contribution in [2.24, 2.45) is 11.7 Å². The van der Waals surface area contributed by atoms with E-state index in [1.54, 1.807) is 23.1 Å². The molecule has 2 unspecified atom stereocenters. The molecular formula is C21H24BrN3O4S. The smallest absolute Gasteiger partial charge is 0.261 e. The van der Waals surface area contributed by atoms with Gasteiger partial charge in [0, 0.05) is 22.6 Å². The Morgan fingerprint density at radius 2 is 1.90 bits per heavy atom. The minimum atomic E-state index is -3.90. The molecule has 1 aliphatic heterocycles. The van der Waals surface area contributed by atoms with Crippen LogP contribution in [0.4, 0.5) is 5.69 Å². The Balaban J connectivity index is 1.87. The fraction of sp³-hybridized carbons (Fsp3) is 0.333. The maximum absolute atomic E-state index is 13.1. The van der Waals surface area contributed by atoms with Gasteiger partial charge >= 0.3 is 0 Å². The summed E-state index contributed by atoms with van der Waals surface area (Å²) in [7, 11) is -3.90. The highest BCUT2D eigenvalue weighted by molar-refractivity contribution is 9.10. The van der Waals surface area contributed by atoms with Crippen molar-refractivity contribution in [3.05, 3.63) is 58.1 Å². The molecular weight excluding hydrogens is 470 g/mol. The Morgan fingerprint density at radius 3 is 2.60 bits per heavy atom. The van der Waals surface area contributed by atoms with Crippen LogP contribution < -0.4 is 10.5 Å². The van der Waals surface area contributed by atoms with Crippen LogP contribution in [0.15, 0.2) is 51.8 Å². The predicted octanol–water partition coefficient (Wildman–Crippen LogP) is 3.28. The van der Waals surface area contributed by atoms with Crippen LogP contribution >= 0.6 is 15.9 Å². The first-order valence-electron chi connectivity index (χ1n) is 9.58. The number of nitrogens with one attached hydrogen (secondary N) is 1. The molecule has 2 atom stereocenters. The predicted molar refractivity (Wildman–Crippen MR) is 119 cm³/mol. The molecule has 2 aromatic carbocycles. The number of hydrogen-bond acceptors (Lipinski definition) is 4. The normalized spacial score (nSPS) is 19.4. The molecule has 2 amide bonds. The number of likely N-dealkylation sites (tertiary alicyclic amines) is 1. The summed E-state index contributed by atoms with van der Waals surface area (Å²) >= 11 is 3.34. The molecule has 1 fully saturated rings. The fourth-order valence-corrected chi connectivity index (χ4v) is 5.10. The first-order valence-corrected chi connectivity index (χ1v) is 11.9. The van der Waals surface area contributed by atoms with E-state index in [4.69, 9.17) is 5.73 Å². The number of sulfonamides is 1. The summed E-state index contributed by atoms with van der Waals surface area (Å²) in [6.45, 7) is 4.01. The molecule has 3 N–H and O–H groups in total. The van der Waals surface area contributed by atoms with Gasteiger partial charge in [-0.05, 0) is 78.5 Å². The van der Waals surface area contributed by atoms with Crippen molar-refractivity contribution in [1.29, 1.82) is 0 Å². The summed E-state index contributed by atoms with van der Waals surface area (Å²) in [4.78, 5) is 26.2. The second kappa shape index (κ2) is 8.77. The fourth-order valence-electron chi connectivity index (χ4n) is 3.51. The molecule has 0 spiro atoms. The number of carbonyl (C=O) groups excluding carboxylic acids is 2. The van der Waals surface area contributed by atoms with Crippen molar-refractivity contribution in [3.63, 3.8) is 0 Å². The highest BCUT2D eigenvalue weighted by atomic mass is 79.9. The third-order valence-corrected chi connectivity index (χ3v) is 7.36. The summed E-state index contributed by atoms with van der Waals surface area (Å²) in [6.07, 6.45) is 1.31. The number of aryl methyl sites for hydroxylation is 1. The molecule has 160 valence electrons. The molecule has 7 nitrogen and oxygen atoms in total. The van der Waals surface area contributed by atoms with E-state index < -0.39 is 21.8 Å². The summed E-state index contributed by atoms with van der Waals surface area (Å²) in [6, 6.07) is 11.2.